The van der Waals surface area contributed by atoms with Crippen LogP contribution < -0.4 is 5.73 Å². The molecule has 0 bridgehead atoms. The summed E-state index contributed by atoms with van der Waals surface area (Å²) in [4.78, 5) is 0. The van der Waals surface area contributed by atoms with Gasteiger partial charge < -0.3 is 10.8 Å². The van der Waals surface area contributed by atoms with E-state index in [1.165, 1.54) is 0 Å². The second-order valence-electron chi connectivity index (χ2n) is 5.15. The van der Waals surface area contributed by atoms with E-state index in [1.807, 2.05) is 56.3 Å². The van der Waals surface area contributed by atoms with E-state index < -0.39 is 6.10 Å². The second kappa shape index (κ2) is 6.40. The van der Waals surface area contributed by atoms with Gasteiger partial charge in [-0.3, -0.25) is 0 Å². The molecule has 2 atom stereocenters. The van der Waals surface area contributed by atoms with Crippen LogP contribution in [0, 0.1) is 13.8 Å². The molecule has 2 rings (SSSR count). The number of nitrogens with two attached hydrogens (primary N) is 1. The van der Waals surface area contributed by atoms with Crippen LogP contribution in [0.1, 0.15) is 34.3 Å². The zero-order valence-electron chi connectivity index (χ0n) is 11.8. The van der Waals surface area contributed by atoms with Gasteiger partial charge in [0.15, 0.2) is 0 Å². The van der Waals surface area contributed by atoms with Crippen LogP contribution >= 0.6 is 11.6 Å². The first kappa shape index (κ1) is 15.0. The Balaban J connectivity index is 2.36. The van der Waals surface area contributed by atoms with Crippen LogP contribution in [0.25, 0.3) is 0 Å². The molecule has 0 aliphatic heterocycles. The Hall–Kier alpha value is -1.35. The zero-order valence-corrected chi connectivity index (χ0v) is 12.6. The molecule has 0 radical (unpaired) electrons. The molecule has 0 aliphatic carbocycles. The lowest BCUT2D eigenvalue weighted by Crippen LogP contribution is -2.21. The predicted octanol–water partition coefficient (Wildman–Crippen LogP) is 3.73. The highest BCUT2D eigenvalue weighted by Gasteiger charge is 2.23. The molecule has 0 aliphatic rings. The molecule has 0 heterocycles. The summed E-state index contributed by atoms with van der Waals surface area (Å²) in [6.45, 7) is 4.37. The number of aliphatic hydroxyl groups excluding tert-OH is 1. The average molecular weight is 290 g/mol. The number of aliphatic hydroxyl groups is 1. The van der Waals surface area contributed by atoms with E-state index >= 15 is 0 Å². The van der Waals surface area contributed by atoms with E-state index in [1.54, 1.807) is 0 Å². The van der Waals surface area contributed by atoms with E-state index in [9.17, 15) is 5.11 Å². The van der Waals surface area contributed by atoms with E-state index in [4.69, 9.17) is 17.3 Å². The first-order valence-corrected chi connectivity index (χ1v) is 7.12. The van der Waals surface area contributed by atoms with Crippen molar-refractivity contribution in [3.8, 4) is 0 Å². The first-order valence-electron chi connectivity index (χ1n) is 6.74. The third-order valence-electron chi connectivity index (χ3n) is 3.75. The lowest BCUT2D eigenvalue weighted by molar-refractivity contribution is 0.147. The van der Waals surface area contributed by atoms with Crippen LogP contribution in [-0.2, 0) is 0 Å². The Morgan fingerprint density at radius 2 is 1.80 bits per heavy atom. The van der Waals surface area contributed by atoms with Gasteiger partial charge in [0.1, 0.15) is 0 Å². The average Bonchev–Trinajstić information content (AvgIpc) is 2.44. The molecule has 2 nitrogen and oxygen atoms in total. The van der Waals surface area contributed by atoms with Gasteiger partial charge in [-0.05, 0) is 42.2 Å². The highest BCUT2D eigenvalue weighted by molar-refractivity contribution is 6.31. The molecule has 0 saturated heterocycles. The second-order valence-corrected chi connectivity index (χ2v) is 5.56. The van der Waals surface area contributed by atoms with Crippen LogP contribution in [0.5, 0.6) is 0 Å². The topological polar surface area (TPSA) is 46.2 Å². The minimum Gasteiger partial charge on any atom is -0.388 e. The number of aryl methyl sites for hydroxylation is 2. The summed E-state index contributed by atoms with van der Waals surface area (Å²) in [5.74, 6) is -0.114. The normalized spacial score (nSPS) is 14.1. The van der Waals surface area contributed by atoms with Crippen molar-refractivity contribution in [3.05, 3.63) is 69.7 Å². The first-order chi connectivity index (χ1) is 9.54. The highest BCUT2D eigenvalue weighted by Crippen LogP contribution is 2.33. The lowest BCUT2D eigenvalue weighted by Gasteiger charge is -2.24. The maximum Gasteiger partial charge on any atom is 0.0870 e. The van der Waals surface area contributed by atoms with Crippen molar-refractivity contribution in [2.24, 2.45) is 5.73 Å². The van der Waals surface area contributed by atoms with Crippen LogP contribution in [0.4, 0.5) is 0 Å². The fourth-order valence-corrected chi connectivity index (χ4v) is 2.63. The zero-order chi connectivity index (χ0) is 14.7. The monoisotopic (exact) mass is 289 g/mol. The van der Waals surface area contributed by atoms with Crippen LogP contribution in [0.2, 0.25) is 5.02 Å². The predicted molar refractivity (Wildman–Crippen MR) is 84.1 cm³/mol. The summed E-state index contributed by atoms with van der Waals surface area (Å²) in [6, 6.07) is 13.6. The summed E-state index contributed by atoms with van der Waals surface area (Å²) in [6.07, 6.45) is -0.628. The molecular weight excluding hydrogens is 270 g/mol. The summed E-state index contributed by atoms with van der Waals surface area (Å²) in [5, 5.41) is 11.4. The number of hydrogen-bond donors (Lipinski definition) is 2. The van der Waals surface area contributed by atoms with Gasteiger partial charge in [0, 0.05) is 17.5 Å². The van der Waals surface area contributed by atoms with Crippen molar-refractivity contribution in [2.45, 2.75) is 25.9 Å². The number of rotatable bonds is 4. The van der Waals surface area contributed by atoms with E-state index in [0.29, 0.717) is 11.6 Å². The number of benzene rings is 2. The molecule has 106 valence electrons. The SMILES string of the molecule is Cc1cc(C(O)C(CN)c2ccccc2C)ccc1Cl. The van der Waals surface area contributed by atoms with Crippen molar-refractivity contribution in [3.63, 3.8) is 0 Å². The molecule has 0 amide bonds. The van der Waals surface area contributed by atoms with Gasteiger partial charge in [0.2, 0.25) is 0 Å². The summed E-state index contributed by atoms with van der Waals surface area (Å²) < 4.78 is 0. The van der Waals surface area contributed by atoms with Crippen molar-refractivity contribution < 1.29 is 5.11 Å². The van der Waals surface area contributed by atoms with Gasteiger partial charge in [0.05, 0.1) is 6.10 Å². The molecule has 3 N–H and O–H groups in total. The Morgan fingerprint density at radius 3 is 2.40 bits per heavy atom. The fourth-order valence-electron chi connectivity index (χ4n) is 2.51. The molecule has 2 unspecified atom stereocenters. The molecule has 0 fully saturated rings. The fraction of sp³-hybridized carbons (Fsp3) is 0.294. The molecule has 0 saturated carbocycles. The minimum atomic E-state index is -0.628. The minimum absolute atomic E-state index is 0.114. The molecule has 2 aromatic rings. The van der Waals surface area contributed by atoms with E-state index in [-0.39, 0.29) is 5.92 Å². The number of halogens is 1. The third kappa shape index (κ3) is 3.04. The smallest absolute Gasteiger partial charge is 0.0870 e. The van der Waals surface area contributed by atoms with Crippen molar-refractivity contribution in [1.82, 2.24) is 0 Å². The standard InChI is InChI=1S/C17H20ClNO/c1-11-5-3-4-6-14(11)15(10-19)17(20)13-7-8-16(18)12(2)9-13/h3-9,15,17,20H,10,19H2,1-2H3. The molecule has 0 spiro atoms. The lowest BCUT2D eigenvalue weighted by atomic mass is 9.86. The van der Waals surface area contributed by atoms with Gasteiger partial charge in [-0.2, -0.15) is 0 Å². The van der Waals surface area contributed by atoms with Crippen LogP contribution in [0.3, 0.4) is 0 Å². The Kier molecular flexibility index (Phi) is 4.81. The Morgan fingerprint density at radius 1 is 1.10 bits per heavy atom. The van der Waals surface area contributed by atoms with Crippen molar-refractivity contribution in [2.75, 3.05) is 6.54 Å². The molecule has 3 heteroatoms. The maximum atomic E-state index is 10.7. The maximum absolute atomic E-state index is 10.7. The quantitative estimate of drug-likeness (QED) is 0.901. The van der Waals surface area contributed by atoms with E-state index in [2.05, 4.69) is 0 Å². The highest BCUT2D eigenvalue weighted by atomic mass is 35.5. The summed E-state index contributed by atoms with van der Waals surface area (Å²) in [5.41, 5.74) is 9.95. The van der Waals surface area contributed by atoms with Crippen molar-refractivity contribution >= 4 is 11.6 Å². The van der Waals surface area contributed by atoms with Gasteiger partial charge in [-0.1, -0.05) is 48.0 Å². The van der Waals surface area contributed by atoms with Gasteiger partial charge in [0.25, 0.3) is 0 Å². The third-order valence-corrected chi connectivity index (χ3v) is 4.17. The molecule has 20 heavy (non-hydrogen) atoms. The van der Waals surface area contributed by atoms with Crippen molar-refractivity contribution in [1.29, 1.82) is 0 Å². The molecule has 2 aromatic carbocycles. The van der Waals surface area contributed by atoms with Crippen LogP contribution in [0.15, 0.2) is 42.5 Å². The van der Waals surface area contributed by atoms with Gasteiger partial charge in [-0.15, -0.1) is 0 Å². The van der Waals surface area contributed by atoms with Gasteiger partial charge in [-0.25, -0.2) is 0 Å². The Bertz CT molecular complexity index is 597. The molecule has 0 aromatic heterocycles. The van der Waals surface area contributed by atoms with E-state index in [0.717, 1.165) is 22.3 Å². The number of hydrogen-bond acceptors (Lipinski definition) is 2. The summed E-state index contributed by atoms with van der Waals surface area (Å²) >= 11 is 6.03. The van der Waals surface area contributed by atoms with Gasteiger partial charge >= 0.3 is 0 Å². The summed E-state index contributed by atoms with van der Waals surface area (Å²) in [7, 11) is 0. The Labute approximate surface area is 125 Å². The molecular formula is C17H20ClNO. The van der Waals surface area contributed by atoms with Crippen LogP contribution in [-0.4, -0.2) is 11.7 Å². The largest absolute Gasteiger partial charge is 0.388 e.